The van der Waals surface area contributed by atoms with Crippen molar-refractivity contribution in [2.75, 3.05) is 32.7 Å². The second-order valence-electron chi connectivity index (χ2n) is 7.68. The maximum atomic E-state index is 12.6. The first-order valence-electron chi connectivity index (χ1n) is 9.38. The van der Waals surface area contributed by atoms with Gasteiger partial charge >= 0.3 is 0 Å². The van der Waals surface area contributed by atoms with E-state index in [0.717, 1.165) is 44.4 Å². The zero-order valence-corrected chi connectivity index (χ0v) is 14.6. The van der Waals surface area contributed by atoms with Crippen LogP contribution in [0.5, 0.6) is 0 Å². The fourth-order valence-electron chi connectivity index (χ4n) is 4.27. The number of furan rings is 1. The molecule has 0 aromatic carbocycles. The van der Waals surface area contributed by atoms with Crippen LogP contribution in [0.25, 0.3) is 11.0 Å². The molecule has 3 saturated heterocycles. The molecule has 136 valence electrons. The summed E-state index contributed by atoms with van der Waals surface area (Å²) in [4.78, 5) is 33.3. The van der Waals surface area contributed by atoms with Crippen LogP contribution in [0.2, 0.25) is 0 Å². The van der Waals surface area contributed by atoms with Crippen molar-refractivity contribution in [3.63, 3.8) is 0 Å². The largest absolute Gasteiger partial charge is 0.449 e. The minimum Gasteiger partial charge on any atom is -0.449 e. The Balaban J connectivity index is 1.32. The average Bonchev–Trinajstić information content (AvgIpc) is 3.15. The van der Waals surface area contributed by atoms with E-state index in [9.17, 15) is 9.59 Å². The molecule has 7 nitrogen and oxygen atoms in total. The highest BCUT2D eigenvalue weighted by molar-refractivity contribution is 5.99. The standard InChI is InChI=1S/C19H22N4O3/c24-18(21-14-6-12-2-5-22(10-12)11-14)15-7-13-8-16(26-17(13)9-20-15)19(25)23-3-1-4-23/h7-9,12,14H,1-6,10-11H2,(H,21,24). The molecule has 3 aliphatic heterocycles. The molecule has 2 aromatic rings. The van der Waals surface area contributed by atoms with Crippen LogP contribution in [0.1, 0.15) is 40.3 Å². The summed E-state index contributed by atoms with van der Waals surface area (Å²) in [7, 11) is 0. The van der Waals surface area contributed by atoms with Gasteiger partial charge in [-0.2, -0.15) is 0 Å². The van der Waals surface area contributed by atoms with Gasteiger partial charge in [0.15, 0.2) is 11.3 Å². The predicted octanol–water partition coefficient (Wildman–Crippen LogP) is 1.50. The highest BCUT2D eigenvalue weighted by atomic mass is 16.3. The topological polar surface area (TPSA) is 78.7 Å². The molecule has 3 atom stereocenters. The number of carbonyl (C=O) groups is 2. The molecule has 5 heterocycles. The molecule has 3 fully saturated rings. The van der Waals surface area contributed by atoms with Gasteiger partial charge in [-0.05, 0) is 43.9 Å². The predicted molar refractivity (Wildman–Crippen MR) is 94.9 cm³/mol. The van der Waals surface area contributed by atoms with Gasteiger partial charge in [0.2, 0.25) is 0 Å². The highest BCUT2D eigenvalue weighted by Gasteiger charge is 2.33. The summed E-state index contributed by atoms with van der Waals surface area (Å²) in [6.45, 7) is 4.79. The Morgan fingerprint density at radius 1 is 1.19 bits per heavy atom. The van der Waals surface area contributed by atoms with E-state index in [1.165, 1.54) is 19.2 Å². The van der Waals surface area contributed by atoms with Crippen LogP contribution < -0.4 is 5.32 Å². The monoisotopic (exact) mass is 354 g/mol. The number of nitrogens with zero attached hydrogens (tertiary/aromatic N) is 3. The van der Waals surface area contributed by atoms with E-state index in [0.29, 0.717) is 23.0 Å². The average molecular weight is 354 g/mol. The highest BCUT2D eigenvalue weighted by Crippen LogP contribution is 2.27. The van der Waals surface area contributed by atoms with Gasteiger partial charge in [-0.3, -0.25) is 9.59 Å². The first-order chi connectivity index (χ1) is 12.7. The first kappa shape index (κ1) is 15.8. The Morgan fingerprint density at radius 3 is 2.85 bits per heavy atom. The first-order valence-corrected chi connectivity index (χ1v) is 9.38. The number of fused-ring (bicyclic) bond motifs is 3. The number of hydrogen-bond donors (Lipinski definition) is 1. The molecule has 3 aliphatic rings. The summed E-state index contributed by atoms with van der Waals surface area (Å²) in [5.41, 5.74) is 0.904. The lowest BCUT2D eigenvalue weighted by Gasteiger charge is -2.30. The van der Waals surface area contributed by atoms with Gasteiger partial charge in [-0.15, -0.1) is 0 Å². The summed E-state index contributed by atoms with van der Waals surface area (Å²) in [5.74, 6) is 0.769. The van der Waals surface area contributed by atoms with Crippen LogP contribution in [0, 0.1) is 5.92 Å². The van der Waals surface area contributed by atoms with Crippen molar-refractivity contribution in [3.05, 3.63) is 29.8 Å². The van der Waals surface area contributed by atoms with Gasteiger partial charge in [0.1, 0.15) is 5.69 Å². The summed E-state index contributed by atoms with van der Waals surface area (Å²) in [5, 5.41) is 3.86. The number of rotatable bonds is 3. The van der Waals surface area contributed by atoms with Crippen LogP contribution in [0.15, 0.2) is 22.7 Å². The fourth-order valence-corrected chi connectivity index (χ4v) is 4.27. The Morgan fingerprint density at radius 2 is 2.08 bits per heavy atom. The second-order valence-corrected chi connectivity index (χ2v) is 7.68. The van der Waals surface area contributed by atoms with Crippen LogP contribution in [-0.4, -0.2) is 65.4 Å². The van der Waals surface area contributed by atoms with Gasteiger partial charge in [0.05, 0.1) is 6.20 Å². The van der Waals surface area contributed by atoms with E-state index >= 15 is 0 Å². The fraction of sp³-hybridized carbons (Fsp3) is 0.526. The summed E-state index contributed by atoms with van der Waals surface area (Å²) in [6.07, 6.45) is 4.85. The minimum absolute atomic E-state index is 0.0924. The van der Waals surface area contributed by atoms with Crippen LogP contribution in [-0.2, 0) is 0 Å². The second kappa shape index (κ2) is 6.09. The van der Waals surface area contributed by atoms with Crippen molar-refractivity contribution in [2.45, 2.75) is 25.3 Å². The summed E-state index contributed by atoms with van der Waals surface area (Å²) >= 11 is 0. The van der Waals surface area contributed by atoms with Crippen molar-refractivity contribution in [2.24, 2.45) is 5.92 Å². The third-order valence-corrected chi connectivity index (χ3v) is 5.79. The number of pyridine rings is 1. The molecule has 26 heavy (non-hydrogen) atoms. The van der Waals surface area contributed by atoms with Gasteiger partial charge in [0.25, 0.3) is 11.8 Å². The van der Waals surface area contributed by atoms with Crippen LogP contribution >= 0.6 is 0 Å². The number of carbonyl (C=O) groups excluding carboxylic acids is 2. The maximum absolute atomic E-state index is 12.6. The number of nitrogens with one attached hydrogen (secondary N) is 1. The molecular weight excluding hydrogens is 332 g/mol. The number of piperidine rings is 1. The molecule has 5 rings (SSSR count). The quantitative estimate of drug-likeness (QED) is 0.904. The molecule has 7 heteroatoms. The zero-order valence-electron chi connectivity index (χ0n) is 14.6. The molecule has 0 aliphatic carbocycles. The van der Waals surface area contributed by atoms with E-state index < -0.39 is 0 Å². The minimum atomic E-state index is -0.156. The van der Waals surface area contributed by atoms with E-state index in [-0.39, 0.29) is 17.9 Å². The lowest BCUT2D eigenvalue weighted by atomic mass is 9.97. The lowest BCUT2D eigenvalue weighted by Crippen LogP contribution is -2.47. The Hall–Kier alpha value is -2.41. The normalized spacial score (nSPS) is 27.4. The van der Waals surface area contributed by atoms with Crippen molar-refractivity contribution in [3.8, 4) is 0 Å². The van der Waals surface area contributed by atoms with Gasteiger partial charge in [0, 0.05) is 37.6 Å². The Labute approximate surface area is 151 Å². The Bertz CT molecular complexity index is 861. The van der Waals surface area contributed by atoms with Gasteiger partial charge in [-0.1, -0.05) is 0 Å². The molecule has 2 aromatic heterocycles. The van der Waals surface area contributed by atoms with E-state index in [2.05, 4.69) is 15.2 Å². The van der Waals surface area contributed by atoms with Gasteiger partial charge < -0.3 is 19.5 Å². The third kappa shape index (κ3) is 2.76. The van der Waals surface area contributed by atoms with Crippen molar-refractivity contribution >= 4 is 22.8 Å². The summed E-state index contributed by atoms with van der Waals surface area (Å²) in [6, 6.07) is 3.61. The van der Waals surface area contributed by atoms with Crippen molar-refractivity contribution in [1.29, 1.82) is 0 Å². The zero-order chi connectivity index (χ0) is 17.7. The van der Waals surface area contributed by atoms with Gasteiger partial charge in [-0.25, -0.2) is 4.98 Å². The smallest absolute Gasteiger partial charge is 0.289 e. The van der Waals surface area contributed by atoms with Crippen LogP contribution in [0.3, 0.4) is 0 Å². The molecule has 2 bridgehead atoms. The van der Waals surface area contributed by atoms with E-state index in [4.69, 9.17) is 4.42 Å². The lowest BCUT2D eigenvalue weighted by molar-refractivity contribution is 0.0621. The van der Waals surface area contributed by atoms with Crippen molar-refractivity contribution < 1.29 is 14.0 Å². The number of amides is 2. The molecule has 0 radical (unpaired) electrons. The molecule has 2 amide bonds. The van der Waals surface area contributed by atoms with Crippen LogP contribution in [0.4, 0.5) is 0 Å². The number of hydrogen-bond acceptors (Lipinski definition) is 5. The maximum Gasteiger partial charge on any atom is 0.289 e. The third-order valence-electron chi connectivity index (χ3n) is 5.79. The number of aromatic nitrogens is 1. The molecule has 3 unspecified atom stereocenters. The molecule has 1 N–H and O–H groups in total. The SMILES string of the molecule is O=C(NC1CC2CCN(C2)C1)c1cc2cc(C(=O)N3CCC3)oc2cn1. The van der Waals surface area contributed by atoms with Crippen molar-refractivity contribution in [1.82, 2.24) is 20.1 Å². The molecule has 0 saturated carbocycles. The Kier molecular flexibility index (Phi) is 3.70. The van der Waals surface area contributed by atoms with E-state index in [1.807, 2.05) is 0 Å². The number of likely N-dealkylation sites (tertiary alicyclic amines) is 1. The molecular formula is C19H22N4O3. The van der Waals surface area contributed by atoms with E-state index in [1.54, 1.807) is 17.0 Å². The molecule has 0 spiro atoms. The summed E-state index contributed by atoms with van der Waals surface area (Å²) < 4.78 is 5.62.